The topological polar surface area (TPSA) is 35.2 Å². The molecule has 1 spiro atoms. The van der Waals surface area contributed by atoms with Crippen LogP contribution in [0.4, 0.5) is 0 Å². The zero-order valence-corrected chi connectivity index (χ0v) is 13.3. The second-order valence-corrected chi connectivity index (χ2v) is 7.86. The number of rotatable bonds is 0. The van der Waals surface area contributed by atoms with Gasteiger partial charge in [-0.25, -0.2) is 0 Å². The molecule has 1 saturated carbocycles. The van der Waals surface area contributed by atoms with Gasteiger partial charge in [0, 0.05) is 22.5 Å². The summed E-state index contributed by atoms with van der Waals surface area (Å²) in [5.41, 5.74) is 7.96. The minimum Gasteiger partial charge on any atom is -0.487 e. The average Bonchev–Trinajstić information content (AvgIpc) is 2.33. The van der Waals surface area contributed by atoms with Crippen molar-refractivity contribution < 1.29 is 4.74 Å². The number of halogens is 1. The summed E-state index contributed by atoms with van der Waals surface area (Å²) in [6, 6.07) is 6.31. The Hall–Kier alpha value is -0.540. The van der Waals surface area contributed by atoms with Crippen molar-refractivity contribution in [1.82, 2.24) is 0 Å². The van der Waals surface area contributed by atoms with Crippen molar-refractivity contribution in [3.05, 3.63) is 28.2 Å². The first-order chi connectivity index (χ1) is 8.89. The molecule has 1 fully saturated rings. The van der Waals surface area contributed by atoms with Crippen molar-refractivity contribution in [2.24, 2.45) is 11.1 Å². The predicted octanol–water partition coefficient (Wildman–Crippen LogP) is 4.57. The van der Waals surface area contributed by atoms with Crippen molar-refractivity contribution in [2.75, 3.05) is 0 Å². The van der Waals surface area contributed by atoms with Gasteiger partial charge < -0.3 is 10.5 Å². The summed E-state index contributed by atoms with van der Waals surface area (Å²) in [6.07, 6.45) is 5.66. The maximum Gasteiger partial charge on any atom is 0.126 e. The maximum atomic E-state index is 6.39. The molecule has 1 aromatic rings. The minimum atomic E-state index is -0.0251. The first-order valence-corrected chi connectivity index (χ1v) is 7.93. The summed E-state index contributed by atoms with van der Waals surface area (Å²) < 4.78 is 7.46. The Morgan fingerprint density at radius 1 is 1.21 bits per heavy atom. The second kappa shape index (κ2) is 4.49. The number of benzene rings is 1. The minimum absolute atomic E-state index is 0.0251. The van der Waals surface area contributed by atoms with Crippen LogP contribution in [0.3, 0.4) is 0 Å². The van der Waals surface area contributed by atoms with Gasteiger partial charge in [0.25, 0.3) is 0 Å². The molecule has 0 radical (unpaired) electrons. The molecule has 1 aromatic carbocycles. The van der Waals surface area contributed by atoms with Crippen molar-refractivity contribution in [3.8, 4) is 5.75 Å². The van der Waals surface area contributed by atoms with Crippen molar-refractivity contribution in [3.63, 3.8) is 0 Å². The van der Waals surface area contributed by atoms with Gasteiger partial charge in [0.15, 0.2) is 0 Å². The quantitative estimate of drug-likeness (QED) is 0.759. The van der Waals surface area contributed by atoms with Crippen molar-refractivity contribution in [2.45, 2.75) is 57.6 Å². The molecule has 0 saturated heterocycles. The van der Waals surface area contributed by atoms with E-state index in [0.717, 1.165) is 35.0 Å². The highest BCUT2D eigenvalue weighted by atomic mass is 79.9. The van der Waals surface area contributed by atoms with Crippen molar-refractivity contribution >= 4 is 15.9 Å². The first-order valence-electron chi connectivity index (χ1n) is 7.13. The van der Waals surface area contributed by atoms with Crippen LogP contribution in [0.2, 0.25) is 0 Å². The zero-order valence-electron chi connectivity index (χ0n) is 11.7. The van der Waals surface area contributed by atoms with E-state index in [2.05, 4.69) is 41.9 Å². The summed E-state index contributed by atoms with van der Waals surface area (Å²) in [6.45, 7) is 4.71. The molecule has 2 N–H and O–H groups in total. The van der Waals surface area contributed by atoms with Crippen LogP contribution >= 0.6 is 15.9 Å². The van der Waals surface area contributed by atoms with Gasteiger partial charge in [-0.3, -0.25) is 0 Å². The van der Waals surface area contributed by atoms with Gasteiger partial charge in [0.05, 0.1) is 0 Å². The Kier molecular flexibility index (Phi) is 3.18. The second-order valence-electron chi connectivity index (χ2n) is 6.94. The van der Waals surface area contributed by atoms with Crippen LogP contribution < -0.4 is 10.5 Å². The van der Waals surface area contributed by atoms with Crippen LogP contribution in [0.25, 0.3) is 0 Å². The Morgan fingerprint density at radius 2 is 1.89 bits per heavy atom. The number of hydrogen-bond donors (Lipinski definition) is 1. The number of fused-ring (bicyclic) bond motifs is 1. The molecule has 2 aliphatic rings. The van der Waals surface area contributed by atoms with Crippen LogP contribution in [0, 0.1) is 5.41 Å². The molecule has 0 bridgehead atoms. The monoisotopic (exact) mass is 323 g/mol. The Morgan fingerprint density at radius 3 is 2.58 bits per heavy atom. The summed E-state index contributed by atoms with van der Waals surface area (Å²) in [5.74, 6) is 0.979. The lowest BCUT2D eigenvalue weighted by atomic mass is 9.68. The number of ether oxygens (including phenoxy) is 1. The third kappa shape index (κ3) is 2.55. The highest BCUT2D eigenvalue weighted by Gasteiger charge is 2.44. The SMILES string of the molecule is CC1(C)CCC2(CC1)C[C@@H](N)c1ccc(Br)cc1O2. The van der Waals surface area contributed by atoms with Crippen LogP contribution in [0.5, 0.6) is 5.75 Å². The van der Waals surface area contributed by atoms with E-state index in [-0.39, 0.29) is 11.6 Å². The average molecular weight is 324 g/mol. The normalized spacial score (nSPS) is 27.7. The van der Waals surface area contributed by atoms with E-state index in [4.69, 9.17) is 10.5 Å². The molecular weight excluding hydrogens is 302 g/mol. The van der Waals surface area contributed by atoms with E-state index in [1.165, 1.54) is 12.8 Å². The zero-order chi connectivity index (χ0) is 13.7. The van der Waals surface area contributed by atoms with Crippen molar-refractivity contribution in [1.29, 1.82) is 0 Å². The molecule has 3 heteroatoms. The van der Waals surface area contributed by atoms with Crippen LogP contribution in [0.15, 0.2) is 22.7 Å². The number of nitrogens with two attached hydrogens (primary N) is 1. The van der Waals surface area contributed by atoms with Crippen LogP contribution in [-0.2, 0) is 0 Å². The van der Waals surface area contributed by atoms with Gasteiger partial charge in [0.1, 0.15) is 11.4 Å². The fourth-order valence-corrected chi connectivity index (χ4v) is 3.72. The molecule has 2 nitrogen and oxygen atoms in total. The molecule has 1 aliphatic heterocycles. The smallest absolute Gasteiger partial charge is 0.126 e. The van der Waals surface area contributed by atoms with Gasteiger partial charge in [0.2, 0.25) is 0 Å². The summed E-state index contributed by atoms with van der Waals surface area (Å²) >= 11 is 3.52. The molecule has 0 aromatic heterocycles. The Bertz CT molecular complexity index is 488. The molecule has 19 heavy (non-hydrogen) atoms. The summed E-state index contributed by atoms with van der Waals surface area (Å²) in [4.78, 5) is 0. The van der Waals surface area contributed by atoms with Gasteiger partial charge in [-0.15, -0.1) is 0 Å². The summed E-state index contributed by atoms with van der Waals surface area (Å²) in [7, 11) is 0. The van der Waals surface area contributed by atoms with Crippen LogP contribution in [0.1, 0.15) is 57.6 Å². The molecule has 1 heterocycles. The van der Waals surface area contributed by atoms with Gasteiger partial charge in [-0.2, -0.15) is 0 Å². The van der Waals surface area contributed by atoms with E-state index in [9.17, 15) is 0 Å². The highest BCUT2D eigenvalue weighted by Crippen LogP contribution is 2.49. The first kappa shape index (κ1) is 13.4. The molecule has 0 unspecified atom stereocenters. The molecule has 1 aliphatic carbocycles. The standard InChI is InChI=1S/C16H22BrNO/c1-15(2)5-7-16(8-6-15)10-13(18)12-4-3-11(17)9-14(12)19-16/h3-4,9,13H,5-8,10,18H2,1-2H3/t13-/m1/s1. The Balaban J connectivity index is 1.88. The van der Waals surface area contributed by atoms with E-state index < -0.39 is 0 Å². The largest absolute Gasteiger partial charge is 0.487 e. The fourth-order valence-electron chi connectivity index (χ4n) is 3.38. The van der Waals surface area contributed by atoms with Crippen LogP contribution in [-0.4, -0.2) is 5.60 Å². The van der Waals surface area contributed by atoms with Gasteiger partial charge in [-0.05, 0) is 43.2 Å². The van der Waals surface area contributed by atoms with E-state index >= 15 is 0 Å². The Labute approximate surface area is 123 Å². The molecule has 0 amide bonds. The lowest BCUT2D eigenvalue weighted by Crippen LogP contribution is -2.46. The molecule has 104 valence electrons. The fraction of sp³-hybridized carbons (Fsp3) is 0.625. The highest BCUT2D eigenvalue weighted by molar-refractivity contribution is 9.10. The molecule has 1 atom stereocenters. The third-order valence-electron chi connectivity index (χ3n) is 4.81. The van der Waals surface area contributed by atoms with E-state index in [1.807, 2.05) is 6.07 Å². The maximum absolute atomic E-state index is 6.39. The lowest BCUT2D eigenvalue weighted by Gasteiger charge is -2.47. The predicted molar refractivity (Wildman–Crippen MR) is 81.3 cm³/mol. The molecule has 3 rings (SSSR count). The summed E-state index contributed by atoms with van der Waals surface area (Å²) in [5, 5.41) is 0. The van der Waals surface area contributed by atoms with E-state index in [0.29, 0.717) is 5.41 Å². The number of hydrogen-bond acceptors (Lipinski definition) is 2. The van der Waals surface area contributed by atoms with E-state index in [1.54, 1.807) is 0 Å². The molecular formula is C16H22BrNO. The van der Waals surface area contributed by atoms with Gasteiger partial charge >= 0.3 is 0 Å². The third-order valence-corrected chi connectivity index (χ3v) is 5.30. The van der Waals surface area contributed by atoms with Gasteiger partial charge in [-0.1, -0.05) is 35.8 Å². The lowest BCUT2D eigenvalue weighted by molar-refractivity contribution is -0.0260.